The van der Waals surface area contributed by atoms with Gasteiger partial charge in [-0.25, -0.2) is 0 Å². The van der Waals surface area contributed by atoms with Crippen LogP contribution in [0.15, 0.2) is 11.6 Å². The normalized spacial score (nSPS) is 33.4. The summed E-state index contributed by atoms with van der Waals surface area (Å²) < 4.78 is 12.4. The van der Waals surface area contributed by atoms with E-state index in [9.17, 15) is 4.79 Å². The lowest BCUT2D eigenvalue weighted by Gasteiger charge is -2.56. The molecule has 25 heavy (non-hydrogen) atoms. The van der Waals surface area contributed by atoms with E-state index in [1.54, 1.807) is 0 Å². The van der Waals surface area contributed by atoms with Gasteiger partial charge >= 0.3 is 0 Å². The molecular weight excluding hydrogens is 344 g/mol. The van der Waals surface area contributed by atoms with E-state index >= 15 is 0 Å². The topological polar surface area (TPSA) is 35.5 Å². The minimum absolute atomic E-state index is 0.0330. The molecule has 0 aromatic rings. The molecule has 4 atom stereocenters. The Kier molecular flexibility index (Phi) is 7.28. The summed E-state index contributed by atoms with van der Waals surface area (Å²) in [6.07, 6.45) is 9.52. The first-order valence-electron chi connectivity index (χ1n) is 10.2. The smallest absolute Gasteiger partial charge is 0.161 e. The molecule has 0 aromatic carbocycles. The molecular formula is C20H38O3Si2. The van der Waals surface area contributed by atoms with Crippen LogP contribution in [0.4, 0.5) is 0 Å². The van der Waals surface area contributed by atoms with Crippen molar-refractivity contribution in [2.75, 3.05) is 0 Å². The molecule has 0 aromatic heterocycles. The van der Waals surface area contributed by atoms with E-state index in [0.717, 1.165) is 12.7 Å². The Morgan fingerprint density at radius 3 is 2.48 bits per heavy atom. The number of fused-ring (bicyclic) bond motifs is 1. The molecule has 0 heterocycles. The maximum atomic E-state index is 11.5. The Bertz CT molecular complexity index is 485. The Morgan fingerprint density at radius 1 is 1.28 bits per heavy atom. The summed E-state index contributed by atoms with van der Waals surface area (Å²) in [4.78, 5) is 11.5. The van der Waals surface area contributed by atoms with Crippen molar-refractivity contribution < 1.29 is 13.6 Å². The van der Waals surface area contributed by atoms with E-state index in [0.29, 0.717) is 11.8 Å². The highest BCUT2D eigenvalue weighted by Gasteiger charge is 2.52. The monoisotopic (exact) mass is 382 g/mol. The van der Waals surface area contributed by atoms with Gasteiger partial charge in [-0.3, -0.25) is 0 Å². The molecule has 0 amide bonds. The largest absolute Gasteiger partial charge is 0.400 e. The van der Waals surface area contributed by atoms with Crippen LogP contribution in [0.25, 0.3) is 0 Å². The van der Waals surface area contributed by atoms with E-state index < -0.39 is 19.5 Å². The van der Waals surface area contributed by atoms with Gasteiger partial charge in [0.05, 0.1) is 0 Å². The minimum atomic E-state index is -0.499. The number of carbonyl (C=O) groups is 1. The molecule has 0 bridgehead atoms. The van der Waals surface area contributed by atoms with E-state index in [-0.39, 0.29) is 23.0 Å². The van der Waals surface area contributed by atoms with E-state index in [4.69, 9.17) is 8.85 Å². The maximum Gasteiger partial charge on any atom is 0.161 e. The Labute approximate surface area is 159 Å². The number of hydrogen-bond donors (Lipinski definition) is 0. The average molecular weight is 383 g/mol. The van der Waals surface area contributed by atoms with Crippen LogP contribution < -0.4 is 0 Å². The number of carbonyl (C=O) groups excluding carboxylic acids is 1. The first-order chi connectivity index (χ1) is 11.8. The van der Waals surface area contributed by atoms with Crippen molar-refractivity contribution in [1.82, 2.24) is 0 Å². The van der Waals surface area contributed by atoms with Crippen molar-refractivity contribution in [2.24, 2.45) is 28.6 Å². The lowest BCUT2D eigenvalue weighted by molar-refractivity contribution is -0.138. The highest BCUT2D eigenvalue weighted by Crippen LogP contribution is 2.59. The molecule has 0 radical (unpaired) electrons. The minimum Gasteiger partial charge on any atom is -0.400 e. The number of aldehydes is 1. The van der Waals surface area contributed by atoms with E-state index in [2.05, 4.69) is 46.9 Å². The summed E-state index contributed by atoms with van der Waals surface area (Å²) >= 11 is 0. The van der Waals surface area contributed by atoms with Crippen LogP contribution in [-0.2, 0) is 13.6 Å². The van der Waals surface area contributed by atoms with Crippen molar-refractivity contribution in [1.29, 1.82) is 0 Å². The molecule has 1 saturated carbocycles. The molecule has 2 aliphatic carbocycles. The SMILES string of the molecule is C[SiH2]OC(O[SiH2]C)C(C)(C)[C@H]1CCC[C@@]2(C)C([C@H](C)C=O)=CCC[C@H]12. The Morgan fingerprint density at radius 2 is 1.92 bits per heavy atom. The number of hydrogen-bond acceptors (Lipinski definition) is 3. The van der Waals surface area contributed by atoms with Crippen LogP contribution in [-0.4, -0.2) is 32.1 Å². The predicted octanol–water partition coefficient (Wildman–Crippen LogP) is 3.61. The molecule has 0 saturated heterocycles. The quantitative estimate of drug-likeness (QED) is 0.278. The van der Waals surface area contributed by atoms with Crippen molar-refractivity contribution in [3.63, 3.8) is 0 Å². The van der Waals surface area contributed by atoms with Gasteiger partial charge in [0, 0.05) is 11.3 Å². The molecule has 0 unspecified atom stereocenters. The van der Waals surface area contributed by atoms with Gasteiger partial charge in [-0.15, -0.1) is 0 Å². The van der Waals surface area contributed by atoms with E-state index in [1.165, 1.54) is 31.3 Å². The standard InChI is InChI=1S/C20H38O3Si2/c1-14(13-21)15-9-7-10-17-16(11-8-12-20(15,17)4)19(2,3)18(22-24-5)23-25-6/h9,13-14,16-18H,7-8,10-12,24-25H2,1-6H3/t14-,16+,17-,20+/m1/s1. The molecule has 0 aliphatic heterocycles. The van der Waals surface area contributed by atoms with Gasteiger partial charge in [0.1, 0.15) is 12.6 Å². The fourth-order valence-electron chi connectivity index (χ4n) is 5.67. The van der Waals surface area contributed by atoms with Gasteiger partial charge in [-0.1, -0.05) is 58.9 Å². The highest BCUT2D eigenvalue weighted by atomic mass is 28.2. The van der Waals surface area contributed by atoms with Gasteiger partial charge in [-0.05, 0) is 42.9 Å². The maximum absolute atomic E-state index is 11.5. The molecule has 2 rings (SSSR count). The van der Waals surface area contributed by atoms with Gasteiger partial charge < -0.3 is 13.6 Å². The summed E-state index contributed by atoms with van der Waals surface area (Å²) in [6, 6.07) is 0. The molecule has 5 heteroatoms. The van der Waals surface area contributed by atoms with Crippen molar-refractivity contribution in [3.05, 3.63) is 11.6 Å². The molecule has 0 spiro atoms. The third kappa shape index (κ3) is 4.04. The summed E-state index contributed by atoms with van der Waals surface area (Å²) in [5, 5.41) is 0. The second-order valence-electron chi connectivity index (χ2n) is 8.75. The fourth-order valence-corrected chi connectivity index (χ4v) is 7.52. The molecule has 144 valence electrons. The van der Waals surface area contributed by atoms with Gasteiger partial charge in [0.25, 0.3) is 0 Å². The Hall–Kier alpha value is -0.236. The van der Waals surface area contributed by atoms with Crippen molar-refractivity contribution >= 4 is 25.8 Å². The second kappa shape index (κ2) is 8.63. The lowest BCUT2D eigenvalue weighted by Crippen LogP contribution is -2.51. The van der Waals surface area contributed by atoms with E-state index in [1.807, 2.05) is 0 Å². The summed E-state index contributed by atoms with van der Waals surface area (Å²) in [7, 11) is -0.998. The lowest BCUT2D eigenvalue weighted by atomic mass is 9.50. The van der Waals surface area contributed by atoms with Crippen molar-refractivity contribution in [3.8, 4) is 0 Å². The van der Waals surface area contributed by atoms with Crippen LogP contribution >= 0.6 is 0 Å². The molecule has 1 fully saturated rings. The van der Waals surface area contributed by atoms with Crippen LogP contribution in [0, 0.1) is 28.6 Å². The first kappa shape index (κ1) is 21.1. The van der Waals surface area contributed by atoms with Crippen LogP contribution in [0.5, 0.6) is 0 Å². The third-order valence-corrected chi connectivity index (χ3v) is 8.18. The fraction of sp³-hybridized carbons (Fsp3) is 0.850. The van der Waals surface area contributed by atoms with Crippen molar-refractivity contribution in [2.45, 2.75) is 79.2 Å². The van der Waals surface area contributed by atoms with Crippen LogP contribution in [0.2, 0.25) is 13.1 Å². The third-order valence-electron chi connectivity index (χ3n) is 6.91. The highest BCUT2D eigenvalue weighted by molar-refractivity contribution is 6.26. The zero-order valence-electron chi connectivity index (χ0n) is 17.1. The predicted molar refractivity (Wildman–Crippen MR) is 110 cm³/mol. The Balaban J connectivity index is 2.33. The molecule has 3 nitrogen and oxygen atoms in total. The zero-order chi connectivity index (χ0) is 18.7. The van der Waals surface area contributed by atoms with Gasteiger partial charge in [-0.2, -0.15) is 0 Å². The second-order valence-corrected chi connectivity index (χ2v) is 10.6. The van der Waals surface area contributed by atoms with Gasteiger partial charge in [0.15, 0.2) is 19.5 Å². The molecule has 0 N–H and O–H groups in total. The van der Waals surface area contributed by atoms with Crippen LogP contribution in [0.1, 0.15) is 59.8 Å². The summed E-state index contributed by atoms with van der Waals surface area (Å²) in [5.74, 6) is 1.27. The van der Waals surface area contributed by atoms with Crippen LogP contribution in [0.3, 0.4) is 0 Å². The molecule has 2 aliphatic rings. The number of rotatable bonds is 8. The first-order valence-corrected chi connectivity index (χ1v) is 14.2. The van der Waals surface area contributed by atoms with Gasteiger partial charge in [0.2, 0.25) is 0 Å². The average Bonchev–Trinajstić information content (AvgIpc) is 2.59. The summed E-state index contributed by atoms with van der Waals surface area (Å²) in [6.45, 7) is 13.6. The number of allylic oxidation sites excluding steroid dienone is 2. The summed E-state index contributed by atoms with van der Waals surface area (Å²) in [5.41, 5.74) is 1.59. The zero-order valence-corrected chi connectivity index (χ0v) is 20.0.